The number of para-hydroxylation sites is 1. The van der Waals surface area contributed by atoms with Crippen LogP contribution < -0.4 is 0 Å². The first-order chi connectivity index (χ1) is 12.1. The van der Waals surface area contributed by atoms with Crippen LogP contribution in [0.5, 0.6) is 0 Å². The lowest BCUT2D eigenvalue weighted by Gasteiger charge is -2.24. The van der Waals surface area contributed by atoms with Crippen LogP contribution in [0.1, 0.15) is 25.1 Å². The van der Waals surface area contributed by atoms with Crippen molar-refractivity contribution in [3.05, 3.63) is 89.1 Å². The highest BCUT2D eigenvalue weighted by Crippen LogP contribution is 2.53. The van der Waals surface area contributed by atoms with Gasteiger partial charge >= 0.3 is 0 Å². The van der Waals surface area contributed by atoms with Crippen LogP contribution in [0.4, 0.5) is 0 Å². The molecule has 4 aromatic rings. The van der Waals surface area contributed by atoms with Gasteiger partial charge in [-0.05, 0) is 41.5 Å². The molecule has 5 rings (SSSR count). The van der Waals surface area contributed by atoms with Crippen molar-refractivity contribution >= 4 is 22.5 Å². The lowest BCUT2D eigenvalue weighted by molar-refractivity contribution is 0.624. The van der Waals surface area contributed by atoms with Gasteiger partial charge < -0.3 is 4.57 Å². The van der Waals surface area contributed by atoms with Crippen molar-refractivity contribution in [1.29, 1.82) is 0 Å². The van der Waals surface area contributed by atoms with Crippen molar-refractivity contribution in [2.24, 2.45) is 0 Å². The molecule has 1 aliphatic rings. The summed E-state index contributed by atoms with van der Waals surface area (Å²) >= 11 is 6.36. The van der Waals surface area contributed by atoms with Gasteiger partial charge in [0.1, 0.15) is 0 Å². The predicted molar refractivity (Wildman–Crippen MR) is 106 cm³/mol. The van der Waals surface area contributed by atoms with Crippen molar-refractivity contribution in [2.75, 3.05) is 0 Å². The molecule has 0 saturated heterocycles. The van der Waals surface area contributed by atoms with Crippen LogP contribution in [0.3, 0.4) is 0 Å². The van der Waals surface area contributed by atoms with Gasteiger partial charge in [0.2, 0.25) is 0 Å². The highest BCUT2D eigenvalue weighted by Gasteiger charge is 2.40. The monoisotopic (exact) mass is 343 g/mol. The molecule has 2 heteroatoms. The van der Waals surface area contributed by atoms with E-state index in [-0.39, 0.29) is 5.41 Å². The molecular weight excluding hydrogens is 326 g/mol. The second kappa shape index (κ2) is 5.00. The summed E-state index contributed by atoms with van der Waals surface area (Å²) in [5, 5.41) is 2.01. The number of hydrogen-bond acceptors (Lipinski definition) is 0. The van der Waals surface area contributed by atoms with E-state index in [0.717, 1.165) is 5.02 Å². The van der Waals surface area contributed by atoms with Gasteiger partial charge in [0, 0.05) is 32.8 Å². The van der Waals surface area contributed by atoms with E-state index in [2.05, 4.69) is 85.1 Å². The molecule has 0 amide bonds. The third-order valence-corrected chi connectivity index (χ3v) is 5.64. The second-order valence-electron chi connectivity index (χ2n) is 7.23. The SMILES string of the molecule is CC1(C)c2ccccc2-c2c1n(-c1ccccc1)c1ccc(Cl)cc21. The summed E-state index contributed by atoms with van der Waals surface area (Å²) in [6.07, 6.45) is 0. The predicted octanol–water partition coefficient (Wildman–Crippen LogP) is 6.59. The van der Waals surface area contributed by atoms with Gasteiger partial charge in [-0.1, -0.05) is 67.9 Å². The molecule has 1 nitrogen and oxygen atoms in total. The molecule has 25 heavy (non-hydrogen) atoms. The summed E-state index contributed by atoms with van der Waals surface area (Å²) in [5.74, 6) is 0. The van der Waals surface area contributed by atoms with Crippen molar-refractivity contribution in [1.82, 2.24) is 4.57 Å². The van der Waals surface area contributed by atoms with Crippen LogP contribution >= 0.6 is 11.6 Å². The minimum absolute atomic E-state index is 0.0622. The van der Waals surface area contributed by atoms with Crippen molar-refractivity contribution in [3.8, 4) is 16.8 Å². The molecule has 0 saturated carbocycles. The minimum Gasteiger partial charge on any atom is -0.312 e. The fourth-order valence-electron chi connectivity index (χ4n) is 4.35. The van der Waals surface area contributed by atoms with Crippen LogP contribution in [0, 0.1) is 0 Å². The van der Waals surface area contributed by atoms with Gasteiger partial charge in [0.25, 0.3) is 0 Å². The van der Waals surface area contributed by atoms with Gasteiger partial charge in [0.05, 0.1) is 5.52 Å². The maximum Gasteiger partial charge on any atom is 0.0539 e. The number of aromatic nitrogens is 1. The number of hydrogen-bond donors (Lipinski definition) is 0. The first-order valence-corrected chi connectivity index (χ1v) is 8.96. The molecule has 0 bridgehead atoms. The Bertz CT molecular complexity index is 1120. The number of rotatable bonds is 1. The topological polar surface area (TPSA) is 4.93 Å². The molecule has 1 aliphatic carbocycles. The van der Waals surface area contributed by atoms with Crippen molar-refractivity contribution < 1.29 is 0 Å². The average molecular weight is 344 g/mol. The molecule has 0 spiro atoms. The standard InChI is InChI=1S/C23H18ClN/c1-23(2)19-11-7-6-10-17(19)21-18-14-15(24)12-13-20(18)25(22(21)23)16-8-4-3-5-9-16/h3-14H,1-2H3. The molecule has 0 radical (unpaired) electrons. The number of fused-ring (bicyclic) bond motifs is 5. The maximum absolute atomic E-state index is 6.36. The maximum atomic E-state index is 6.36. The molecule has 0 atom stereocenters. The molecule has 3 aromatic carbocycles. The summed E-state index contributed by atoms with van der Waals surface area (Å²) in [4.78, 5) is 0. The Balaban J connectivity index is 2.01. The summed E-state index contributed by atoms with van der Waals surface area (Å²) in [5.41, 5.74) is 7.71. The van der Waals surface area contributed by atoms with Crippen LogP contribution in [0.15, 0.2) is 72.8 Å². The number of benzene rings is 3. The summed E-state index contributed by atoms with van der Waals surface area (Å²) in [6, 6.07) is 25.6. The van der Waals surface area contributed by atoms with Crippen LogP contribution in [0.25, 0.3) is 27.7 Å². The highest BCUT2D eigenvalue weighted by molar-refractivity contribution is 6.31. The Morgan fingerprint density at radius 1 is 0.840 bits per heavy atom. The Kier molecular flexibility index (Phi) is 2.96. The average Bonchev–Trinajstić information content (AvgIpc) is 3.08. The molecule has 122 valence electrons. The summed E-state index contributed by atoms with van der Waals surface area (Å²) in [7, 11) is 0. The lowest BCUT2D eigenvalue weighted by Crippen LogP contribution is -2.19. The van der Waals surface area contributed by atoms with E-state index in [4.69, 9.17) is 11.6 Å². The van der Waals surface area contributed by atoms with Crippen LogP contribution in [-0.4, -0.2) is 4.57 Å². The third-order valence-electron chi connectivity index (χ3n) is 5.41. The Morgan fingerprint density at radius 2 is 1.56 bits per heavy atom. The smallest absolute Gasteiger partial charge is 0.0539 e. The van der Waals surface area contributed by atoms with Crippen molar-refractivity contribution in [3.63, 3.8) is 0 Å². The molecule has 0 unspecified atom stereocenters. The van der Waals surface area contributed by atoms with Gasteiger partial charge in [-0.3, -0.25) is 0 Å². The van der Waals surface area contributed by atoms with Crippen LogP contribution in [-0.2, 0) is 5.41 Å². The number of halogens is 1. The fourth-order valence-corrected chi connectivity index (χ4v) is 4.52. The molecule has 1 heterocycles. The Labute approximate surface area is 152 Å². The minimum atomic E-state index is -0.0622. The molecular formula is C23H18ClN. The zero-order valence-electron chi connectivity index (χ0n) is 14.3. The van der Waals surface area contributed by atoms with Gasteiger partial charge in [0.15, 0.2) is 0 Å². The van der Waals surface area contributed by atoms with Crippen molar-refractivity contribution in [2.45, 2.75) is 19.3 Å². The zero-order chi connectivity index (χ0) is 17.2. The van der Waals surface area contributed by atoms with Gasteiger partial charge in [-0.15, -0.1) is 0 Å². The molecule has 0 aliphatic heterocycles. The Hall–Kier alpha value is -2.51. The highest BCUT2D eigenvalue weighted by atomic mass is 35.5. The normalized spacial score (nSPS) is 14.5. The summed E-state index contributed by atoms with van der Waals surface area (Å²) < 4.78 is 2.40. The zero-order valence-corrected chi connectivity index (χ0v) is 15.0. The van der Waals surface area contributed by atoms with Gasteiger partial charge in [-0.2, -0.15) is 0 Å². The van der Waals surface area contributed by atoms with E-state index in [0.29, 0.717) is 0 Å². The molecule has 1 aromatic heterocycles. The summed E-state index contributed by atoms with van der Waals surface area (Å²) in [6.45, 7) is 4.63. The van der Waals surface area contributed by atoms with E-state index < -0.39 is 0 Å². The van der Waals surface area contributed by atoms with E-state index in [1.807, 2.05) is 6.07 Å². The first-order valence-electron chi connectivity index (χ1n) is 8.59. The van der Waals surface area contributed by atoms with E-state index in [1.54, 1.807) is 0 Å². The largest absolute Gasteiger partial charge is 0.312 e. The lowest BCUT2D eigenvalue weighted by atomic mass is 9.85. The van der Waals surface area contributed by atoms with E-state index in [9.17, 15) is 0 Å². The Morgan fingerprint density at radius 3 is 2.36 bits per heavy atom. The fraction of sp³-hybridized carbons (Fsp3) is 0.130. The second-order valence-corrected chi connectivity index (χ2v) is 7.66. The van der Waals surface area contributed by atoms with E-state index >= 15 is 0 Å². The third kappa shape index (κ3) is 1.90. The molecule has 0 N–H and O–H groups in total. The van der Waals surface area contributed by atoms with E-state index in [1.165, 1.54) is 39.0 Å². The number of nitrogens with zero attached hydrogens (tertiary/aromatic N) is 1. The quantitative estimate of drug-likeness (QED) is 0.367. The van der Waals surface area contributed by atoms with Gasteiger partial charge in [-0.25, -0.2) is 0 Å². The molecule has 0 fully saturated rings. The van der Waals surface area contributed by atoms with Crippen LogP contribution in [0.2, 0.25) is 5.02 Å². The first kappa shape index (κ1) is 14.8.